The molecule has 2 aromatic carbocycles. The van der Waals surface area contributed by atoms with Gasteiger partial charge in [0.25, 0.3) is 5.91 Å². The number of fused-ring (bicyclic) bond motifs is 1. The molecule has 4 aromatic rings. The standard InChI is InChI=1S/C31H31FN4O5/c1-17-23(14-41-36-17)22-11-8-20(12-25(22)39-5)29(37)34-15-31(4,38)26-13-24-28(40-16-30(24,3)18(2)33)27(35-26)19-6-9-21(32)10-7-19/h6-14,38H,2,15-16,33H2,1,3-5H3,(H,34,37)/t30-,31+/m1/s1. The summed E-state index contributed by atoms with van der Waals surface area (Å²) in [6.07, 6.45) is 1.52. The Hall–Kier alpha value is -4.70. The zero-order valence-corrected chi connectivity index (χ0v) is 23.2. The monoisotopic (exact) mass is 558 g/mol. The van der Waals surface area contributed by atoms with Crippen LogP contribution >= 0.6 is 0 Å². The fourth-order valence-electron chi connectivity index (χ4n) is 4.78. The molecule has 0 saturated heterocycles. The van der Waals surface area contributed by atoms with E-state index < -0.39 is 22.7 Å². The number of methoxy groups -OCH3 is 1. The number of aromatic nitrogens is 2. The summed E-state index contributed by atoms with van der Waals surface area (Å²) in [6.45, 7) is 9.28. The molecule has 2 atom stereocenters. The summed E-state index contributed by atoms with van der Waals surface area (Å²) in [5.74, 6) is 0.157. The lowest BCUT2D eigenvalue weighted by atomic mass is 9.80. The number of benzene rings is 2. The van der Waals surface area contributed by atoms with Gasteiger partial charge in [-0.1, -0.05) is 11.7 Å². The first-order valence-corrected chi connectivity index (χ1v) is 12.9. The Kier molecular flexibility index (Phi) is 7.04. The minimum absolute atomic E-state index is 0.156. The van der Waals surface area contributed by atoms with Crippen molar-refractivity contribution in [3.8, 4) is 33.9 Å². The van der Waals surface area contributed by atoms with Crippen molar-refractivity contribution in [2.45, 2.75) is 31.8 Å². The molecule has 1 aliphatic heterocycles. The molecule has 1 amide bonds. The molecule has 0 radical (unpaired) electrons. The minimum Gasteiger partial charge on any atom is -0.496 e. The average molecular weight is 559 g/mol. The normalized spacial score (nSPS) is 17.3. The average Bonchev–Trinajstić information content (AvgIpc) is 3.55. The van der Waals surface area contributed by atoms with Crippen LogP contribution in [-0.4, -0.2) is 41.4 Å². The second-order valence-corrected chi connectivity index (χ2v) is 10.6. The molecule has 212 valence electrons. The lowest BCUT2D eigenvalue weighted by Gasteiger charge is -2.27. The van der Waals surface area contributed by atoms with Gasteiger partial charge < -0.3 is 30.2 Å². The third-order valence-corrected chi connectivity index (χ3v) is 7.55. The molecule has 5 rings (SSSR count). The summed E-state index contributed by atoms with van der Waals surface area (Å²) in [5, 5.41) is 18.3. The number of pyridine rings is 1. The highest BCUT2D eigenvalue weighted by atomic mass is 19.1. The number of nitrogens with two attached hydrogens (primary N) is 1. The summed E-state index contributed by atoms with van der Waals surface area (Å²) in [4.78, 5) is 17.9. The first kappa shape index (κ1) is 27.9. The predicted molar refractivity (Wildman–Crippen MR) is 151 cm³/mol. The van der Waals surface area contributed by atoms with E-state index in [0.29, 0.717) is 45.3 Å². The van der Waals surface area contributed by atoms with Crippen LogP contribution in [0.15, 0.2) is 71.6 Å². The van der Waals surface area contributed by atoms with Crippen molar-refractivity contribution in [3.63, 3.8) is 0 Å². The maximum atomic E-state index is 13.7. The summed E-state index contributed by atoms with van der Waals surface area (Å²) in [5.41, 5.74) is 8.77. The Morgan fingerprint density at radius 1 is 1.24 bits per heavy atom. The largest absolute Gasteiger partial charge is 0.496 e. The Balaban J connectivity index is 1.45. The second kappa shape index (κ2) is 10.4. The molecular weight excluding hydrogens is 527 g/mol. The van der Waals surface area contributed by atoms with Gasteiger partial charge in [-0.2, -0.15) is 0 Å². The van der Waals surface area contributed by atoms with E-state index in [1.54, 1.807) is 43.3 Å². The van der Waals surface area contributed by atoms with E-state index in [2.05, 4.69) is 17.1 Å². The second-order valence-electron chi connectivity index (χ2n) is 10.6. The number of aliphatic hydroxyl groups is 1. The molecule has 0 bridgehead atoms. The van der Waals surface area contributed by atoms with Gasteiger partial charge in [-0.25, -0.2) is 9.37 Å². The Morgan fingerprint density at radius 2 is 1.98 bits per heavy atom. The van der Waals surface area contributed by atoms with Gasteiger partial charge in [-0.3, -0.25) is 4.79 Å². The van der Waals surface area contributed by atoms with Crippen molar-refractivity contribution < 1.29 is 28.3 Å². The zero-order chi connectivity index (χ0) is 29.5. The topological polar surface area (TPSA) is 133 Å². The first-order chi connectivity index (χ1) is 19.4. The number of halogens is 1. The predicted octanol–water partition coefficient (Wildman–Crippen LogP) is 4.62. The number of nitrogens with one attached hydrogen (secondary N) is 1. The van der Waals surface area contributed by atoms with Crippen molar-refractivity contribution in [3.05, 3.63) is 95.4 Å². The highest BCUT2D eigenvalue weighted by molar-refractivity contribution is 5.95. The highest BCUT2D eigenvalue weighted by Crippen LogP contribution is 2.47. The molecule has 4 N–H and O–H groups in total. The van der Waals surface area contributed by atoms with E-state index in [9.17, 15) is 14.3 Å². The van der Waals surface area contributed by atoms with E-state index in [1.807, 2.05) is 13.8 Å². The molecule has 1 aliphatic rings. The van der Waals surface area contributed by atoms with Gasteiger partial charge >= 0.3 is 0 Å². The van der Waals surface area contributed by atoms with Crippen LogP contribution in [0.4, 0.5) is 4.39 Å². The van der Waals surface area contributed by atoms with Crippen LogP contribution in [0.1, 0.15) is 41.2 Å². The Labute approximate surface area is 236 Å². The quantitative estimate of drug-likeness (QED) is 0.285. The van der Waals surface area contributed by atoms with Crippen LogP contribution in [0.3, 0.4) is 0 Å². The Morgan fingerprint density at radius 3 is 2.61 bits per heavy atom. The number of aryl methyl sites for hydroxylation is 1. The van der Waals surface area contributed by atoms with Crippen LogP contribution in [0.25, 0.3) is 22.4 Å². The number of carbonyl (C=O) groups excluding carboxylic acids is 1. The van der Waals surface area contributed by atoms with Crippen LogP contribution < -0.4 is 20.5 Å². The fraction of sp³-hybridized carbons (Fsp3) is 0.258. The minimum atomic E-state index is -1.59. The molecule has 10 heteroatoms. The third-order valence-electron chi connectivity index (χ3n) is 7.55. The number of rotatable bonds is 8. The SMILES string of the molecule is C=C(N)[C@@]1(C)COc2c1cc([C@@](C)(O)CNC(=O)c1ccc(-c3conc3C)c(OC)c1)nc2-c1ccc(F)cc1. The maximum absolute atomic E-state index is 13.7. The van der Waals surface area contributed by atoms with Gasteiger partial charge in [0, 0.05) is 33.5 Å². The molecule has 0 fully saturated rings. The van der Waals surface area contributed by atoms with Gasteiger partial charge in [-0.15, -0.1) is 0 Å². The van der Waals surface area contributed by atoms with E-state index in [4.69, 9.17) is 24.7 Å². The van der Waals surface area contributed by atoms with Crippen molar-refractivity contribution in [1.29, 1.82) is 0 Å². The van der Waals surface area contributed by atoms with Gasteiger partial charge in [0.1, 0.15) is 41.5 Å². The van der Waals surface area contributed by atoms with Crippen LogP contribution in [0, 0.1) is 12.7 Å². The first-order valence-electron chi connectivity index (χ1n) is 12.9. The van der Waals surface area contributed by atoms with Gasteiger partial charge in [0.2, 0.25) is 0 Å². The number of hydrogen-bond acceptors (Lipinski definition) is 8. The van der Waals surface area contributed by atoms with Crippen molar-refractivity contribution in [2.24, 2.45) is 5.73 Å². The lowest BCUT2D eigenvalue weighted by molar-refractivity contribution is 0.0489. The van der Waals surface area contributed by atoms with E-state index in [0.717, 1.165) is 11.1 Å². The van der Waals surface area contributed by atoms with E-state index in [-0.39, 0.29) is 18.8 Å². The molecular formula is C31H31FN4O5. The molecule has 0 unspecified atom stereocenters. The van der Waals surface area contributed by atoms with E-state index >= 15 is 0 Å². The molecule has 3 heterocycles. The molecule has 41 heavy (non-hydrogen) atoms. The van der Waals surface area contributed by atoms with Gasteiger partial charge in [0.15, 0.2) is 0 Å². The maximum Gasteiger partial charge on any atom is 0.251 e. The summed E-state index contributed by atoms with van der Waals surface area (Å²) >= 11 is 0. The molecule has 0 aliphatic carbocycles. The number of carbonyl (C=O) groups is 1. The summed E-state index contributed by atoms with van der Waals surface area (Å²) < 4.78 is 30.2. The fourth-order valence-corrected chi connectivity index (χ4v) is 4.78. The summed E-state index contributed by atoms with van der Waals surface area (Å²) in [7, 11) is 1.51. The molecule has 0 saturated carbocycles. The summed E-state index contributed by atoms with van der Waals surface area (Å²) in [6, 6.07) is 12.6. The number of amides is 1. The number of hydrogen-bond donors (Lipinski definition) is 3. The zero-order valence-electron chi connectivity index (χ0n) is 23.2. The van der Waals surface area contributed by atoms with E-state index in [1.165, 1.54) is 25.5 Å². The van der Waals surface area contributed by atoms with Gasteiger partial charge in [-0.05, 0) is 69.3 Å². The van der Waals surface area contributed by atoms with Crippen LogP contribution in [0.5, 0.6) is 11.5 Å². The molecule has 0 spiro atoms. The van der Waals surface area contributed by atoms with Crippen LogP contribution in [-0.2, 0) is 11.0 Å². The van der Waals surface area contributed by atoms with Gasteiger partial charge in [0.05, 0.1) is 30.5 Å². The highest BCUT2D eigenvalue weighted by Gasteiger charge is 2.42. The van der Waals surface area contributed by atoms with Crippen molar-refractivity contribution >= 4 is 5.91 Å². The number of ether oxygens (including phenoxy) is 2. The van der Waals surface area contributed by atoms with Crippen molar-refractivity contribution in [2.75, 3.05) is 20.3 Å². The van der Waals surface area contributed by atoms with Crippen LogP contribution in [0.2, 0.25) is 0 Å². The number of nitrogens with zero attached hydrogens (tertiary/aromatic N) is 2. The third kappa shape index (κ3) is 5.02. The lowest BCUT2D eigenvalue weighted by Crippen LogP contribution is -2.39. The smallest absolute Gasteiger partial charge is 0.251 e. The molecule has 9 nitrogen and oxygen atoms in total. The molecule has 2 aromatic heterocycles. The Bertz CT molecular complexity index is 1650. The van der Waals surface area contributed by atoms with Crippen molar-refractivity contribution in [1.82, 2.24) is 15.5 Å².